The van der Waals surface area contributed by atoms with Crippen LogP contribution in [0.4, 0.5) is 9.52 Å². The molecule has 1 fully saturated rings. The van der Waals surface area contributed by atoms with Gasteiger partial charge in [-0.2, -0.15) is 0 Å². The number of fused-ring (bicyclic) bond motifs is 1. The van der Waals surface area contributed by atoms with Gasteiger partial charge in [-0.15, -0.1) is 10.2 Å². The Bertz CT molecular complexity index is 1730. The second-order valence-corrected chi connectivity index (χ2v) is 11.9. The van der Waals surface area contributed by atoms with Gasteiger partial charge in [0.2, 0.25) is 5.13 Å². The predicted molar refractivity (Wildman–Crippen MR) is 160 cm³/mol. The number of halogens is 1. The van der Waals surface area contributed by atoms with Crippen LogP contribution in [0.15, 0.2) is 76.6 Å². The van der Waals surface area contributed by atoms with Gasteiger partial charge < -0.3 is 19.3 Å². The number of ether oxygens (including phenoxy) is 3. The highest BCUT2D eigenvalue weighted by Crippen LogP contribution is 2.45. The summed E-state index contributed by atoms with van der Waals surface area (Å²) >= 11 is 2.37. The monoisotopic (exact) mass is 619 g/mol. The maximum atomic E-state index is 14.1. The molecule has 0 spiro atoms. The molecule has 9 nitrogen and oxygen atoms in total. The third-order valence-electron chi connectivity index (χ3n) is 6.82. The first-order valence-corrected chi connectivity index (χ1v) is 15.4. The quantitative estimate of drug-likeness (QED) is 0.0775. The van der Waals surface area contributed by atoms with E-state index in [4.69, 9.17) is 14.2 Å². The third-order valence-corrected chi connectivity index (χ3v) is 8.92. The maximum Gasteiger partial charge on any atom is 0.301 e. The number of nitrogens with zero attached hydrogens (tertiary/aromatic N) is 3. The summed E-state index contributed by atoms with van der Waals surface area (Å²) in [6, 6.07) is 17.3. The lowest BCUT2D eigenvalue weighted by molar-refractivity contribution is -0.132. The second kappa shape index (κ2) is 12.4. The van der Waals surface area contributed by atoms with Crippen LogP contribution in [0.1, 0.15) is 36.1 Å². The SMILES string of the molecule is CCCOc1cccc(C2/C(=C(\O)c3ccc4c(c3)OCCO4)C(=O)C(=O)N2c2nnc(SCc3ccccc3F)s2)c1. The summed E-state index contributed by atoms with van der Waals surface area (Å²) in [5, 5.41) is 20.1. The summed E-state index contributed by atoms with van der Waals surface area (Å²) in [6.07, 6.45) is 0.797. The number of thioether (sulfide) groups is 1. The van der Waals surface area contributed by atoms with Gasteiger partial charge >= 0.3 is 5.91 Å². The summed E-state index contributed by atoms with van der Waals surface area (Å²) in [7, 11) is 0. The van der Waals surface area contributed by atoms with Crippen LogP contribution in [-0.4, -0.2) is 46.8 Å². The van der Waals surface area contributed by atoms with Crippen molar-refractivity contribution in [3.63, 3.8) is 0 Å². The molecule has 1 aromatic heterocycles. The molecular weight excluding hydrogens is 593 g/mol. The van der Waals surface area contributed by atoms with Gasteiger partial charge in [0.25, 0.3) is 5.78 Å². The molecule has 1 amide bonds. The average molecular weight is 620 g/mol. The predicted octanol–water partition coefficient (Wildman–Crippen LogP) is 6.16. The van der Waals surface area contributed by atoms with Crippen molar-refractivity contribution in [1.82, 2.24) is 10.2 Å². The van der Waals surface area contributed by atoms with Gasteiger partial charge in [-0.1, -0.05) is 60.4 Å². The number of rotatable bonds is 9. The van der Waals surface area contributed by atoms with Crippen LogP contribution in [0.3, 0.4) is 0 Å². The van der Waals surface area contributed by atoms with Gasteiger partial charge in [-0.3, -0.25) is 14.5 Å². The van der Waals surface area contributed by atoms with Crippen LogP contribution < -0.4 is 19.1 Å². The maximum absolute atomic E-state index is 14.1. The highest BCUT2D eigenvalue weighted by molar-refractivity contribution is 8.00. The first kappa shape index (κ1) is 28.7. The van der Waals surface area contributed by atoms with E-state index in [-0.39, 0.29) is 22.3 Å². The minimum Gasteiger partial charge on any atom is -0.507 e. The van der Waals surface area contributed by atoms with E-state index >= 15 is 0 Å². The summed E-state index contributed by atoms with van der Waals surface area (Å²) in [6.45, 7) is 3.23. The molecule has 2 aliphatic heterocycles. The highest BCUT2D eigenvalue weighted by atomic mass is 32.2. The summed E-state index contributed by atoms with van der Waals surface area (Å²) < 4.78 is 31.7. The average Bonchev–Trinajstić information content (AvgIpc) is 3.60. The molecule has 12 heteroatoms. The molecule has 3 aromatic carbocycles. The minimum absolute atomic E-state index is 0.106. The lowest BCUT2D eigenvalue weighted by Crippen LogP contribution is -2.29. The van der Waals surface area contributed by atoms with E-state index in [1.54, 1.807) is 60.7 Å². The van der Waals surface area contributed by atoms with Gasteiger partial charge in [0, 0.05) is 11.3 Å². The molecule has 1 unspecified atom stereocenters. The molecule has 2 aliphatic rings. The number of hydrogen-bond donors (Lipinski definition) is 1. The molecule has 220 valence electrons. The van der Waals surface area contributed by atoms with Gasteiger partial charge in [-0.25, -0.2) is 4.39 Å². The molecule has 6 rings (SSSR count). The van der Waals surface area contributed by atoms with E-state index in [2.05, 4.69) is 10.2 Å². The lowest BCUT2D eigenvalue weighted by atomic mass is 9.95. The van der Waals surface area contributed by atoms with Crippen molar-refractivity contribution in [2.45, 2.75) is 29.5 Å². The Balaban J connectivity index is 1.40. The van der Waals surface area contributed by atoms with Crippen LogP contribution in [0.2, 0.25) is 0 Å². The smallest absolute Gasteiger partial charge is 0.301 e. The molecule has 3 heterocycles. The zero-order valence-corrected chi connectivity index (χ0v) is 24.6. The van der Waals surface area contributed by atoms with Crippen LogP contribution in [-0.2, 0) is 15.3 Å². The summed E-state index contributed by atoms with van der Waals surface area (Å²) in [5.74, 6) is -0.589. The van der Waals surface area contributed by atoms with Gasteiger partial charge in [-0.05, 0) is 53.9 Å². The molecule has 1 N–H and O–H groups in total. The van der Waals surface area contributed by atoms with Crippen LogP contribution in [0.25, 0.3) is 5.76 Å². The molecule has 43 heavy (non-hydrogen) atoms. The Morgan fingerprint density at radius 3 is 2.70 bits per heavy atom. The third kappa shape index (κ3) is 5.80. The van der Waals surface area contributed by atoms with Gasteiger partial charge in [0.05, 0.1) is 18.2 Å². The lowest BCUT2D eigenvalue weighted by Gasteiger charge is -2.23. The van der Waals surface area contributed by atoms with Crippen molar-refractivity contribution in [3.8, 4) is 17.2 Å². The Hall–Kier alpha value is -4.42. The van der Waals surface area contributed by atoms with E-state index in [0.717, 1.165) is 17.8 Å². The number of hydrogen-bond acceptors (Lipinski definition) is 10. The van der Waals surface area contributed by atoms with E-state index < -0.39 is 17.7 Å². The van der Waals surface area contributed by atoms with Gasteiger partial charge in [0.1, 0.15) is 30.5 Å². The fraction of sp³-hybridized carbons (Fsp3) is 0.226. The zero-order chi connectivity index (χ0) is 29.9. The van der Waals surface area contributed by atoms with E-state index in [9.17, 15) is 19.1 Å². The van der Waals surface area contributed by atoms with Crippen molar-refractivity contribution >= 4 is 45.7 Å². The number of aromatic nitrogens is 2. The van der Waals surface area contributed by atoms with E-state index in [1.165, 1.54) is 22.7 Å². The Morgan fingerprint density at radius 1 is 1.07 bits per heavy atom. The van der Waals surface area contributed by atoms with Crippen molar-refractivity contribution in [3.05, 3.63) is 94.8 Å². The first-order chi connectivity index (χ1) is 20.9. The van der Waals surface area contributed by atoms with E-state index in [1.807, 2.05) is 6.92 Å². The second-order valence-electron chi connectivity index (χ2n) is 9.68. The number of anilines is 1. The molecule has 0 saturated carbocycles. The van der Waals surface area contributed by atoms with Crippen LogP contribution in [0.5, 0.6) is 17.2 Å². The first-order valence-electron chi connectivity index (χ1n) is 13.6. The van der Waals surface area contributed by atoms with E-state index in [0.29, 0.717) is 63.9 Å². The summed E-state index contributed by atoms with van der Waals surface area (Å²) in [4.78, 5) is 28.4. The Morgan fingerprint density at radius 2 is 1.88 bits per heavy atom. The Kier molecular flexibility index (Phi) is 8.30. The number of carbonyl (C=O) groups excluding carboxylic acids is 2. The molecule has 4 aromatic rings. The number of aliphatic hydroxyl groups excluding tert-OH is 1. The number of Topliss-reactive ketones (excluding diaryl/α,β-unsaturated/α-hetero) is 1. The molecule has 0 aliphatic carbocycles. The van der Waals surface area contributed by atoms with Gasteiger partial charge in [0.15, 0.2) is 15.8 Å². The number of amides is 1. The standard InChI is InChI=1S/C31H26FN3O6S2/c1-2-12-39-21-8-5-7-18(15-21)26-25(27(36)19-10-11-23-24(16-19)41-14-13-40-23)28(37)29(38)35(26)30-33-34-31(43-30)42-17-20-6-3-4-9-22(20)32/h3-11,15-16,26,36H,2,12-14,17H2,1H3/b27-25+. The van der Waals surface area contributed by atoms with Crippen molar-refractivity contribution in [2.75, 3.05) is 24.7 Å². The zero-order valence-electron chi connectivity index (χ0n) is 23.0. The normalized spacial score (nSPS) is 17.3. The number of carbonyl (C=O) groups is 2. The van der Waals surface area contributed by atoms with Crippen molar-refractivity contribution < 1.29 is 33.3 Å². The number of aliphatic hydroxyl groups is 1. The topological polar surface area (TPSA) is 111 Å². The molecule has 0 bridgehead atoms. The van der Waals surface area contributed by atoms with Crippen LogP contribution >= 0.6 is 23.1 Å². The fourth-order valence-corrected chi connectivity index (χ4v) is 6.65. The Labute approximate surface area is 254 Å². The van der Waals surface area contributed by atoms with Crippen molar-refractivity contribution in [2.24, 2.45) is 0 Å². The van der Waals surface area contributed by atoms with Crippen LogP contribution in [0, 0.1) is 5.82 Å². The molecule has 0 radical (unpaired) electrons. The fourth-order valence-electron chi connectivity index (χ4n) is 4.80. The largest absolute Gasteiger partial charge is 0.507 e. The highest BCUT2D eigenvalue weighted by Gasteiger charge is 2.48. The molecule has 1 saturated heterocycles. The molecular formula is C31H26FN3O6S2. The number of ketones is 1. The number of benzene rings is 3. The minimum atomic E-state index is -1.02. The van der Waals surface area contributed by atoms with Crippen molar-refractivity contribution in [1.29, 1.82) is 0 Å². The summed E-state index contributed by atoms with van der Waals surface area (Å²) in [5.41, 5.74) is 1.24. The molecule has 1 atom stereocenters.